The minimum atomic E-state index is -0.722. The van der Waals surface area contributed by atoms with Crippen LogP contribution >= 0.6 is 11.6 Å². The predicted octanol–water partition coefficient (Wildman–Crippen LogP) is 4.47. The van der Waals surface area contributed by atoms with Crippen molar-refractivity contribution in [3.63, 3.8) is 0 Å². The zero-order valence-electron chi connectivity index (χ0n) is 18.1. The third-order valence-corrected chi connectivity index (χ3v) is 4.93. The van der Waals surface area contributed by atoms with Gasteiger partial charge in [-0.15, -0.1) is 0 Å². The first-order chi connectivity index (χ1) is 15.9. The number of hydrogen-bond acceptors (Lipinski definition) is 9. The molecule has 0 amide bonds. The molecule has 4 rings (SSSR count). The van der Waals surface area contributed by atoms with Crippen molar-refractivity contribution in [3.8, 4) is 5.69 Å². The molecule has 0 saturated heterocycles. The van der Waals surface area contributed by atoms with Crippen LogP contribution in [0.25, 0.3) is 16.7 Å². The average molecular weight is 470 g/mol. The molecule has 0 aliphatic heterocycles. The number of nitrogens with zero attached hydrogens (tertiary/aromatic N) is 4. The molecular weight excluding hydrogens is 450 g/mol. The topological polar surface area (TPSA) is 121 Å². The molecule has 0 unspecified atom stereocenters. The molecule has 3 heterocycles. The smallest absolute Gasteiger partial charge is 0.344 e. The van der Waals surface area contributed by atoms with Gasteiger partial charge in [-0.05, 0) is 39.0 Å². The largest absolute Gasteiger partial charge is 0.462 e. The molecule has 3 aromatic heterocycles. The quantitative estimate of drug-likeness (QED) is 0.390. The van der Waals surface area contributed by atoms with E-state index in [0.717, 1.165) is 0 Å². The van der Waals surface area contributed by atoms with Crippen LogP contribution in [0.15, 0.2) is 41.2 Å². The van der Waals surface area contributed by atoms with E-state index in [1.54, 1.807) is 49.8 Å². The highest BCUT2D eigenvalue weighted by atomic mass is 35.5. The zero-order valence-corrected chi connectivity index (χ0v) is 18.8. The molecule has 0 aliphatic rings. The van der Waals surface area contributed by atoms with Crippen molar-refractivity contribution < 1.29 is 23.5 Å². The van der Waals surface area contributed by atoms with Crippen LogP contribution in [-0.4, -0.2) is 44.9 Å². The Kier molecular flexibility index (Phi) is 6.27. The van der Waals surface area contributed by atoms with Crippen LogP contribution < -0.4 is 5.32 Å². The van der Waals surface area contributed by atoms with E-state index < -0.39 is 11.9 Å². The molecule has 0 radical (unpaired) electrons. The van der Waals surface area contributed by atoms with Gasteiger partial charge < -0.3 is 19.2 Å². The molecule has 170 valence electrons. The molecule has 0 aliphatic carbocycles. The number of aromatic nitrogens is 4. The lowest BCUT2D eigenvalue weighted by Crippen LogP contribution is -2.14. The van der Waals surface area contributed by atoms with Crippen LogP contribution in [0.4, 0.5) is 11.7 Å². The fraction of sp³-hybridized carbons (Fsp3) is 0.227. The lowest BCUT2D eigenvalue weighted by molar-refractivity contribution is 0.0480. The molecule has 33 heavy (non-hydrogen) atoms. The highest BCUT2D eigenvalue weighted by Gasteiger charge is 2.31. The summed E-state index contributed by atoms with van der Waals surface area (Å²) in [6, 6.07) is 7.16. The van der Waals surface area contributed by atoms with Gasteiger partial charge in [0, 0.05) is 5.02 Å². The lowest BCUT2D eigenvalue weighted by Gasteiger charge is -2.08. The van der Waals surface area contributed by atoms with Crippen molar-refractivity contribution in [2.45, 2.75) is 20.8 Å². The Balaban J connectivity index is 1.79. The van der Waals surface area contributed by atoms with Crippen LogP contribution in [0.2, 0.25) is 5.02 Å². The highest BCUT2D eigenvalue weighted by molar-refractivity contribution is 6.30. The number of esters is 2. The normalized spacial score (nSPS) is 10.9. The molecule has 10 nitrogen and oxygen atoms in total. The summed E-state index contributed by atoms with van der Waals surface area (Å²) in [6.45, 7) is 5.16. The summed E-state index contributed by atoms with van der Waals surface area (Å²) in [7, 11) is 0. The van der Waals surface area contributed by atoms with Crippen LogP contribution in [-0.2, 0) is 9.47 Å². The molecule has 0 spiro atoms. The van der Waals surface area contributed by atoms with Gasteiger partial charge in [-0.25, -0.2) is 24.2 Å². The molecule has 11 heteroatoms. The van der Waals surface area contributed by atoms with E-state index in [0.29, 0.717) is 27.6 Å². The van der Waals surface area contributed by atoms with Crippen molar-refractivity contribution in [2.75, 3.05) is 18.5 Å². The average Bonchev–Trinajstić information content (AvgIpc) is 3.36. The second kappa shape index (κ2) is 9.29. The van der Waals surface area contributed by atoms with Gasteiger partial charge in [-0.3, -0.25) is 0 Å². The summed E-state index contributed by atoms with van der Waals surface area (Å²) < 4.78 is 17.6. The Morgan fingerprint density at radius 1 is 1.12 bits per heavy atom. The molecular formula is C22H20ClN5O5. The fourth-order valence-corrected chi connectivity index (χ4v) is 3.51. The maximum Gasteiger partial charge on any atom is 0.344 e. The van der Waals surface area contributed by atoms with E-state index in [2.05, 4.69) is 20.4 Å². The third kappa shape index (κ3) is 4.24. The number of carbonyl (C=O) groups is 2. The van der Waals surface area contributed by atoms with Crippen molar-refractivity contribution in [2.24, 2.45) is 0 Å². The van der Waals surface area contributed by atoms with Crippen LogP contribution in [0.5, 0.6) is 0 Å². The van der Waals surface area contributed by atoms with Gasteiger partial charge in [0.15, 0.2) is 5.65 Å². The first-order valence-corrected chi connectivity index (χ1v) is 10.5. The van der Waals surface area contributed by atoms with Crippen molar-refractivity contribution in [1.82, 2.24) is 19.7 Å². The first kappa shape index (κ1) is 22.3. The van der Waals surface area contributed by atoms with E-state index in [4.69, 9.17) is 25.5 Å². The Labute approximate surface area is 193 Å². The van der Waals surface area contributed by atoms with Gasteiger partial charge in [0.1, 0.15) is 29.0 Å². The van der Waals surface area contributed by atoms with Gasteiger partial charge in [-0.1, -0.05) is 17.7 Å². The predicted molar refractivity (Wildman–Crippen MR) is 120 cm³/mol. The number of hydrogen-bond donors (Lipinski definition) is 1. The molecule has 4 aromatic rings. The zero-order chi connectivity index (χ0) is 23.5. The molecule has 0 saturated carbocycles. The Bertz CT molecular complexity index is 1350. The van der Waals surface area contributed by atoms with Crippen LogP contribution in [0.1, 0.15) is 40.3 Å². The highest BCUT2D eigenvalue weighted by Crippen LogP contribution is 2.33. The van der Waals surface area contributed by atoms with Gasteiger partial charge in [-0.2, -0.15) is 5.10 Å². The monoisotopic (exact) mass is 469 g/mol. The number of carbonyl (C=O) groups excluding carboxylic acids is 2. The van der Waals surface area contributed by atoms with Gasteiger partial charge in [0.2, 0.25) is 5.88 Å². The number of fused-ring (bicyclic) bond motifs is 1. The Morgan fingerprint density at radius 2 is 1.85 bits per heavy atom. The minimum absolute atomic E-state index is 0.00211. The van der Waals surface area contributed by atoms with E-state index in [9.17, 15) is 9.59 Å². The number of benzene rings is 1. The van der Waals surface area contributed by atoms with Gasteiger partial charge in [0.05, 0.1) is 30.5 Å². The second-order valence-corrected chi connectivity index (χ2v) is 7.24. The first-order valence-electron chi connectivity index (χ1n) is 10.1. The van der Waals surface area contributed by atoms with Gasteiger partial charge in [0.25, 0.3) is 0 Å². The van der Waals surface area contributed by atoms with E-state index in [1.165, 1.54) is 6.33 Å². The lowest BCUT2D eigenvalue weighted by atomic mass is 10.1. The van der Waals surface area contributed by atoms with Crippen LogP contribution in [0, 0.1) is 6.92 Å². The van der Waals surface area contributed by atoms with Crippen molar-refractivity contribution >= 4 is 46.3 Å². The number of furan rings is 1. The summed E-state index contributed by atoms with van der Waals surface area (Å²) in [5.74, 6) is -0.872. The van der Waals surface area contributed by atoms with Crippen LogP contribution in [0.3, 0.4) is 0 Å². The summed E-state index contributed by atoms with van der Waals surface area (Å²) in [5.41, 5.74) is 1.15. The Hall–Kier alpha value is -3.92. The summed E-state index contributed by atoms with van der Waals surface area (Å²) in [6.07, 6.45) is 2.92. The summed E-state index contributed by atoms with van der Waals surface area (Å²) in [5, 5.41) is 8.48. The minimum Gasteiger partial charge on any atom is -0.462 e. The van der Waals surface area contributed by atoms with E-state index in [1.807, 2.05) is 6.07 Å². The van der Waals surface area contributed by atoms with Gasteiger partial charge >= 0.3 is 11.9 Å². The maximum atomic E-state index is 12.7. The number of nitrogens with one attached hydrogen (secondary N) is 1. The number of rotatable bonds is 7. The summed E-state index contributed by atoms with van der Waals surface area (Å²) in [4.78, 5) is 33.8. The van der Waals surface area contributed by atoms with Crippen molar-refractivity contribution in [3.05, 3.63) is 58.7 Å². The molecule has 1 aromatic carbocycles. The second-order valence-electron chi connectivity index (χ2n) is 6.80. The Morgan fingerprint density at radius 3 is 2.55 bits per heavy atom. The maximum absolute atomic E-state index is 12.7. The summed E-state index contributed by atoms with van der Waals surface area (Å²) >= 11 is 6.11. The molecule has 0 atom stereocenters. The number of ether oxygens (including phenoxy) is 2. The number of aryl methyl sites for hydroxylation is 1. The molecule has 0 fully saturated rings. The fourth-order valence-electron chi connectivity index (χ4n) is 3.33. The SMILES string of the molecule is CCOC(=O)c1c(C)oc(Nc2ncnc3c2cnn3-c2cccc(Cl)c2)c1C(=O)OCC. The number of anilines is 2. The molecule has 1 N–H and O–H groups in total. The number of halogens is 1. The standard InChI is InChI=1S/C22H20ClN5O5/c1-4-31-21(29)16-12(3)33-20(17(16)22(30)32-5-2)27-18-15-10-26-28(19(15)25-11-24-18)14-8-6-7-13(23)9-14/h6-11H,4-5H2,1-3H3,(H,24,25,27). The van der Waals surface area contributed by atoms with Crippen molar-refractivity contribution in [1.29, 1.82) is 0 Å². The molecule has 0 bridgehead atoms. The van der Waals surface area contributed by atoms with E-state index in [-0.39, 0.29) is 36.0 Å². The van der Waals surface area contributed by atoms with E-state index >= 15 is 0 Å². The third-order valence-electron chi connectivity index (χ3n) is 4.69.